The Bertz CT molecular complexity index is 152. The van der Waals surface area contributed by atoms with E-state index in [1.807, 2.05) is 20.8 Å². The summed E-state index contributed by atoms with van der Waals surface area (Å²) in [5.41, 5.74) is -0.402. The highest BCUT2D eigenvalue weighted by Gasteiger charge is 2.30. The largest absolute Gasteiger partial charge is 0.460 e. The van der Waals surface area contributed by atoms with Gasteiger partial charge in [-0.1, -0.05) is 6.92 Å². The highest BCUT2D eigenvalue weighted by molar-refractivity contribution is 5.66. The van der Waals surface area contributed by atoms with Gasteiger partial charge in [0.15, 0.2) is 0 Å². The molecule has 0 aromatic carbocycles. The molecule has 0 saturated carbocycles. The maximum atomic E-state index is 10.7. The van der Waals surface area contributed by atoms with Crippen LogP contribution in [0.4, 0.5) is 0 Å². The Hall–Kier alpha value is -0.570. The van der Waals surface area contributed by atoms with E-state index in [1.54, 1.807) is 7.11 Å². The van der Waals surface area contributed by atoms with Crippen LogP contribution in [0.25, 0.3) is 0 Å². The summed E-state index contributed by atoms with van der Waals surface area (Å²) in [7, 11) is 1.62. The summed E-state index contributed by atoms with van der Waals surface area (Å²) < 4.78 is 10.3. The molecule has 0 heterocycles. The molecule has 0 aromatic rings. The highest BCUT2D eigenvalue weighted by atomic mass is 16.6. The van der Waals surface area contributed by atoms with Crippen molar-refractivity contribution >= 4 is 5.97 Å². The number of esters is 1. The van der Waals surface area contributed by atoms with E-state index in [0.717, 1.165) is 6.42 Å². The van der Waals surface area contributed by atoms with Crippen LogP contribution in [-0.4, -0.2) is 24.8 Å². The van der Waals surface area contributed by atoms with Gasteiger partial charge in [0.05, 0.1) is 5.60 Å². The van der Waals surface area contributed by atoms with Gasteiger partial charge in [-0.05, 0) is 20.3 Å². The lowest BCUT2D eigenvalue weighted by atomic mass is 9.99. The number of carbonyl (C=O) groups excluding carboxylic acids is 1. The van der Waals surface area contributed by atoms with E-state index in [4.69, 9.17) is 9.47 Å². The molecule has 0 bridgehead atoms. The summed E-state index contributed by atoms with van der Waals surface area (Å²) in [6.07, 6.45) is 0.598. The normalized spacial score (nSPS) is 14.1. The highest BCUT2D eigenvalue weighted by Crippen LogP contribution is 2.19. The zero-order valence-electron chi connectivity index (χ0n) is 8.51. The summed E-state index contributed by atoms with van der Waals surface area (Å²) >= 11 is 0. The van der Waals surface area contributed by atoms with E-state index in [-0.39, 0.29) is 12.1 Å². The van der Waals surface area contributed by atoms with E-state index >= 15 is 0 Å². The Balaban J connectivity index is 4.23. The number of methoxy groups -OCH3 is 1. The topological polar surface area (TPSA) is 35.5 Å². The van der Waals surface area contributed by atoms with Gasteiger partial charge >= 0.3 is 5.97 Å². The molecule has 0 radical (unpaired) electrons. The van der Waals surface area contributed by atoms with Crippen molar-refractivity contribution in [2.24, 2.45) is 0 Å². The van der Waals surface area contributed by atoms with Crippen LogP contribution in [0.1, 0.15) is 34.1 Å². The lowest BCUT2D eigenvalue weighted by Gasteiger charge is -2.31. The molecule has 3 heteroatoms. The number of hydrogen-bond donors (Lipinski definition) is 0. The maximum absolute atomic E-state index is 10.7. The Labute approximate surface area is 74.0 Å². The van der Waals surface area contributed by atoms with Gasteiger partial charge in [-0.25, -0.2) is 0 Å². The van der Waals surface area contributed by atoms with E-state index < -0.39 is 5.60 Å². The standard InChI is InChI=1S/C9H18O3/c1-6-8(12-7(2)10)9(3,4)11-5/h8H,6H2,1-5H3. The second kappa shape index (κ2) is 4.45. The van der Waals surface area contributed by atoms with Crippen molar-refractivity contribution in [2.75, 3.05) is 7.11 Å². The third kappa shape index (κ3) is 3.22. The van der Waals surface area contributed by atoms with Gasteiger partial charge in [0.1, 0.15) is 6.10 Å². The van der Waals surface area contributed by atoms with Crippen molar-refractivity contribution < 1.29 is 14.3 Å². The lowest BCUT2D eigenvalue weighted by molar-refractivity contribution is -0.162. The molecule has 0 spiro atoms. The van der Waals surface area contributed by atoms with Crippen LogP contribution in [0.15, 0.2) is 0 Å². The molecule has 0 fully saturated rings. The first-order valence-corrected chi connectivity index (χ1v) is 4.16. The zero-order valence-corrected chi connectivity index (χ0v) is 8.51. The smallest absolute Gasteiger partial charge is 0.303 e. The minimum absolute atomic E-state index is 0.167. The zero-order chi connectivity index (χ0) is 9.78. The van der Waals surface area contributed by atoms with Crippen molar-refractivity contribution in [1.82, 2.24) is 0 Å². The Morgan fingerprint density at radius 1 is 1.50 bits per heavy atom. The fraction of sp³-hybridized carbons (Fsp3) is 0.889. The van der Waals surface area contributed by atoms with E-state index in [0.29, 0.717) is 0 Å². The van der Waals surface area contributed by atoms with Crippen LogP contribution in [0.2, 0.25) is 0 Å². The predicted octanol–water partition coefficient (Wildman–Crippen LogP) is 1.75. The molecule has 0 aliphatic carbocycles. The molecule has 0 N–H and O–H groups in total. The van der Waals surface area contributed by atoms with E-state index in [2.05, 4.69) is 0 Å². The van der Waals surface area contributed by atoms with Gasteiger partial charge in [0.25, 0.3) is 0 Å². The van der Waals surface area contributed by atoms with Crippen LogP contribution < -0.4 is 0 Å². The van der Waals surface area contributed by atoms with Gasteiger partial charge in [-0.3, -0.25) is 4.79 Å². The number of ether oxygens (including phenoxy) is 2. The van der Waals surface area contributed by atoms with Crippen molar-refractivity contribution in [3.05, 3.63) is 0 Å². The second-order valence-corrected chi connectivity index (χ2v) is 3.31. The Morgan fingerprint density at radius 2 is 2.00 bits per heavy atom. The minimum atomic E-state index is -0.402. The molecule has 1 atom stereocenters. The van der Waals surface area contributed by atoms with Gasteiger partial charge in [0.2, 0.25) is 0 Å². The molecule has 0 saturated heterocycles. The predicted molar refractivity (Wildman–Crippen MR) is 46.9 cm³/mol. The van der Waals surface area contributed by atoms with E-state index in [1.165, 1.54) is 6.92 Å². The quantitative estimate of drug-likeness (QED) is 0.609. The molecule has 0 aliphatic rings. The molecular formula is C9H18O3. The third-order valence-electron chi connectivity index (χ3n) is 1.98. The molecule has 0 rings (SSSR count). The molecular weight excluding hydrogens is 156 g/mol. The number of rotatable bonds is 4. The molecule has 72 valence electrons. The molecule has 0 amide bonds. The molecule has 12 heavy (non-hydrogen) atoms. The SMILES string of the molecule is CCC(OC(C)=O)C(C)(C)OC. The van der Waals surface area contributed by atoms with Crippen molar-refractivity contribution in [1.29, 1.82) is 0 Å². The van der Waals surface area contributed by atoms with Gasteiger partial charge in [0, 0.05) is 14.0 Å². The second-order valence-electron chi connectivity index (χ2n) is 3.31. The number of hydrogen-bond acceptors (Lipinski definition) is 3. The van der Waals surface area contributed by atoms with Gasteiger partial charge in [-0.2, -0.15) is 0 Å². The van der Waals surface area contributed by atoms with E-state index in [9.17, 15) is 4.79 Å². The van der Waals surface area contributed by atoms with Crippen LogP contribution >= 0.6 is 0 Å². The Kier molecular flexibility index (Phi) is 4.24. The fourth-order valence-corrected chi connectivity index (χ4v) is 1.05. The average Bonchev–Trinajstić information content (AvgIpc) is 1.99. The summed E-state index contributed by atoms with van der Waals surface area (Å²) in [4.78, 5) is 10.7. The van der Waals surface area contributed by atoms with Crippen LogP contribution in [0.5, 0.6) is 0 Å². The van der Waals surface area contributed by atoms with Crippen molar-refractivity contribution in [3.63, 3.8) is 0 Å². The van der Waals surface area contributed by atoms with Crippen LogP contribution in [0.3, 0.4) is 0 Å². The summed E-state index contributed by atoms with van der Waals surface area (Å²) in [6.45, 7) is 7.19. The average molecular weight is 174 g/mol. The number of carbonyl (C=O) groups is 1. The van der Waals surface area contributed by atoms with Gasteiger partial charge in [-0.15, -0.1) is 0 Å². The monoisotopic (exact) mass is 174 g/mol. The Morgan fingerprint density at radius 3 is 2.25 bits per heavy atom. The summed E-state index contributed by atoms with van der Waals surface area (Å²) in [6, 6.07) is 0. The first-order valence-electron chi connectivity index (χ1n) is 4.16. The minimum Gasteiger partial charge on any atom is -0.460 e. The fourth-order valence-electron chi connectivity index (χ4n) is 1.05. The van der Waals surface area contributed by atoms with Crippen LogP contribution in [0, 0.1) is 0 Å². The maximum Gasteiger partial charge on any atom is 0.303 e. The van der Waals surface area contributed by atoms with Crippen molar-refractivity contribution in [3.8, 4) is 0 Å². The summed E-state index contributed by atoms with van der Waals surface area (Å²) in [5, 5.41) is 0. The lowest BCUT2D eigenvalue weighted by Crippen LogP contribution is -2.40. The van der Waals surface area contributed by atoms with Crippen LogP contribution in [-0.2, 0) is 14.3 Å². The first kappa shape index (κ1) is 11.4. The first-order chi connectivity index (χ1) is 5.44. The molecule has 0 aromatic heterocycles. The molecule has 1 unspecified atom stereocenters. The van der Waals surface area contributed by atoms with Crippen molar-refractivity contribution in [2.45, 2.75) is 45.8 Å². The summed E-state index contributed by atoms with van der Waals surface area (Å²) in [5.74, 6) is -0.257. The molecule has 3 nitrogen and oxygen atoms in total. The van der Waals surface area contributed by atoms with Gasteiger partial charge < -0.3 is 9.47 Å². The molecule has 0 aliphatic heterocycles. The third-order valence-corrected chi connectivity index (χ3v) is 1.98.